The number of carbonyl (C=O) groups is 3. The van der Waals surface area contributed by atoms with E-state index < -0.39 is 17.6 Å². The van der Waals surface area contributed by atoms with Crippen LogP contribution in [0.5, 0.6) is 0 Å². The summed E-state index contributed by atoms with van der Waals surface area (Å²) in [5.74, 6) is -1.53. The van der Waals surface area contributed by atoms with E-state index in [2.05, 4.69) is 29.6 Å². The van der Waals surface area contributed by atoms with Crippen molar-refractivity contribution < 1.29 is 24.2 Å². The van der Waals surface area contributed by atoms with E-state index >= 15 is 0 Å². The quantitative estimate of drug-likeness (QED) is 0.596. The van der Waals surface area contributed by atoms with Crippen LogP contribution in [0.1, 0.15) is 63.5 Å². The molecule has 2 aromatic carbocycles. The van der Waals surface area contributed by atoms with E-state index in [-0.39, 0.29) is 30.4 Å². The molecule has 4 rings (SSSR count). The van der Waals surface area contributed by atoms with Gasteiger partial charge in [-0.25, -0.2) is 9.59 Å². The summed E-state index contributed by atoms with van der Waals surface area (Å²) in [7, 11) is 0. The normalized spacial score (nSPS) is 19.4. The minimum absolute atomic E-state index is 0.00908. The van der Waals surface area contributed by atoms with E-state index in [4.69, 9.17) is 4.74 Å². The first kappa shape index (κ1) is 24.8. The molecular weight excluding hydrogens is 444 g/mol. The second kappa shape index (κ2) is 10.1. The van der Waals surface area contributed by atoms with E-state index in [0.717, 1.165) is 24.0 Å². The molecule has 2 aromatic rings. The van der Waals surface area contributed by atoms with Crippen LogP contribution in [-0.2, 0) is 14.3 Å². The first-order valence-electron chi connectivity index (χ1n) is 12.4. The lowest BCUT2D eigenvalue weighted by atomic mass is 9.84. The number of carboxylic acid groups (broad SMARTS) is 1. The summed E-state index contributed by atoms with van der Waals surface area (Å²) in [6.07, 6.45) is 2.24. The number of benzene rings is 2. The van der Waals surface area contributed by atoms with Crippen molar-refractivity contribution in [3.8, 4) is 11.1 Å². The van der Waals surface area contributed by atoms with Crippen molar-refractivity contribution >= 4 is 18.0 Å². The van der Waals surface area contributed by atoms with Crippen molar-refractivity contribution in [1.29, 1.82) is 0 Å². The molecule has 0 spiro atoms. The van der Waals surface area contributed by atoms with E-state index in [0.29, 0.717) is 19.4 Å². The lowest BCUT2D eigenvalue weighted by molar-refractivity contribution is -0.159. The molecule has 7 heteroatoms. The maximum atomic E-state index is 13.2. The number of hydrogen-bond donors (Lipinski definition) is 2. The van der Waals surface area contributed by atoms with Crippen molar-refractivity contribution in [2.45, 2.75) is 64.0 Å². The maximum absolute atomic E-state index is 13.2. The Balaban J connectivity index is 1.36. The molecule has 2 N–H and O–H groups in total. The predicted octanol–water partition coefficient (Wildman–Crippen LogP) is 4.80. The van der Waals surface area contributed by atoms with Gasteiger partial charge in [0.2, 0.25) is 5.91 Å². The van der Waals surface area contributed by atoms with Crippen LogP contribution in [0, 0.1) is 5.92 Å². The first-order chi connectivity index (χ1) is 16.7. The minimum atomic E-state index is -1.28. The van der Waals surface area contributed by atoms with Crippen molar-refractivity contribution in [3.63, 3.8) is 0 Å². The van der Waals surface area contributed by atoms with E-state index in [9.17, 15) is 19.5 Å². The van der Waals surface area contributed by atoms with Gasteiger partial charge < -0.3 is 20.1 Å². The van der Waals surface area contributed by atoms with Crippen LogP contribution in [0.15, 0.2) is 48.5 Å². The van der Waals surface area contributed by atoms with E-state index in [1.807, 2.05) is 24.3 Å². The number of nitrogens with zero attached hydrogens (tertiary/aromatic N) is 1. The summed E-state index contributed by atoms with van der Waals surface area (Å²) < 4.78 is 5.67. The van der Waals surface area contributed by atoms with E-state index in [1.54, 1.807) is 20.8 Å². The third-order valence-electron chi connectivity index (χ3n) is 7.47. The van der Waals surface area contributed by atoms with Gasteiger partial charge in [-0.1, -0.05) is 55.0 Å². The number of alkyl carbamates (subject to hydrolysis) is 1. The number of carboxylic acids is 1. The fourth-order valence-electron chi connectivity index (χ4n) is 5.51. The maximum Gasteiger partial charge on any atom is 0.407 e. The largest absolute Gasteiger partial charge is 0.480 e. The summed E-state index contributed by atoms with van der Waals surface area (Å²) in [5, 5.41) is 12.5. The summed E-state index contributed by atoms with van der Waals surface area (Å²) in [6.45, 7) is 5.44. The smallest absolute Gasteiger partial charge is 0.407 e. The zero-order chi connectivity index (χ0) is 25.2. The number of rotatable bonds is 7. The number of fused-ring (bicyclic) bond motifs is 3. The number of carbonyl (C=O) groups excluding carboxylic acids is 2. The highest BCUT2D eigenvalue weighted by atomic mass is 16.5. The molecule has 2 aliphatic rings. The molecule has 0 aromatic heterocycles. The lowest BCUT2D eigenvalue weighted by Crippen LogP contribution is -2.55. The highest BCUT2D eigenvalue weighted by Crippen LogP contribution is 2.44. The van der Waals surface area contributed by atoms with Crippen LogP contribution in [0.2, 0.25) is 0 Å². The van der Waals surface area contributed by atoms with Crippen LogP contribution in [0.25, 0.3) is 11.1 Å². The molecule has 1 fully saturated rings. The zero-order valence-corrected chi connectivity index (χ0v) is 20.6. The van der Waals surface area contributed by atoms with Gasteiger partial charge in [-0.05, 0) is 62.3 Å². The van der Waals surface area contributed by atoms with Gasteiger partial charge in [0.25, 0.3) is 0 Å². The molecule has 35 heavy (non-hydrogen) atoms. The molecule has 0 heterocycles. The summed E-state index contributed by atoms with van der Waals surface area (Å²) in [4.78, 5) is 39.0. The SMILES string of the molecule is CCN(C(=O)[C@@H]1CCC[C@H](NC(=O)OCC2c3ccccc3-c3ccccc32)C1)C(C)(C)C(=O)O. The Labute approximate surface area is 206 Å². The number of likely N-dealkylation sites (N-methyl/N-ethyl adjacent to an activating group) is 1. The summed E-state index contributed by atoms with van der Waals surface area (Å²) in [6, 6.07) is 16.2. The van der Waals surface area contributed by atoms with Crippen LogP contribution in [0.4, 0.5) is 4.79 Å². The van der Waals surface area contributed by atoms with Gasteiger partial charge in [0, 0.05) is 24.4 Å². The molecule has 0 saturated heterocycles. The molecular formula is C28H34N2O5. The van der Waals surface area contributed by atoms with Gasteiger partial charge in [-0.3, -0.25) is 4.79 Å². The van der Waals surface area contributed by atoms with Gasteiger partial charge in [-0.15, -0.1) is 0 Å². The molecule has 186 valence electrons. The number of nitrogens with one attached hydrogen (secondary N) is 1. The van der Waals surface area contributed by atoms with Crippen LogP contribution < -0.4 is 5.32 Å². The van der Waals surface area contributed by atoms with Gasteiger partial charge in [0.15, 0.2) is 0 Å². The Kier molecular flexibility index (Phi) is 7.15. The molecule has 2 atom stereocenters. The summed E-state index contributed by atoms with van der Waals surface area (Å²) in [5.41, 5.74) is 3.39. The zero-order valence-electron chi connectivity index (χ0n) is 20.6. The Hall–Kier alpha value is -3.35. The fourth-order valence-corrected chi connectivity index (χ4v) is 5.51. The number of aliphatic carboxylic acids is 1. The average molecular weight is 479 g/mol. The highest BCUT2D eigenvalue weighted by molar-refractivity contribution is 5.87. The van der Waals surface area contributed by atoms with Crippen LogP contribution >= 0.6 is 0 Å². The molecule has 7 nitrogen and oxygen atoms in total. The number of hydrogen-bond acceptors (Lipinski definition) is 4. The lowest BCUT2D eigenvalue weighted by Gasteiger charge is -2.38. The Morgan fingerprint density at radius 1 is 1.03 bits per heavy atom. The van der Waals surface area contributed by atoms with Gasteiger partial charge in [0.1, 0.15) is 12.1 Å². The van der Waals surface area contributed by atoms with Crippen molar-refractivity contribution in [2.24, 2.45) is 5.92 Å². The number of ether oxygens (including phenoxy) is 1. The second-order valence-corrected chi connectivity index (χ2v) is 9.98. The molecule has 0 unspecified atom stereocenters. The second-order valence-electron chi connectivity index (χ2n) is 9.98. The standard InChI is InChI=1S/C28H34N2O5/c1-4-30(28(2,3)26(32)33)25(31)18-10-9-11-19(16-18)29-27(34)35-17-24-22-14-7-5-12-20(22)21-13-6-8-15-23(21)24/h5-8,12-15,18-19,24H,4,9-11,16-17H2,1-3H3,(H,29,34)(H,32,33)/t18-,19+/m1/s1. The predicted molar refractivity (Wildman–Crippen MR) is 133 cm³/mol. The van der Waals surface area contributed by atoms with Gasteiger partial charge >= 0.3 is 12.1 Å². The Morgan fingerprint density at radius 2 is 1.63 bits per heavy atom. The molecule has 0 radical (unpaired) electrons. The third kappa shape index (κ3) is 4.90. The molecule has 0 aliphatic heterocycles. The Morgan fingerprint density at radius 3 is 2.20 bits per heavy atom. The summed E-state index contributed by atoms with van der Waals surface area (Å²) >= 11 is 0. The number of amides is 2. The van der Waals surface area contributed by atoms with Crippen molar-refractivity contribution in [2.75, 3.05) is 13.2 Å². The molecule has 2 aliphatic carbocycles. The van der Waals surface area contributed by atoms with Crippen molar-refractivity contribution in [1.82, 2.24) is 10.2 Å². The van der Waals surface area contributed by atoms with Crippen LogP contribution in [-0.4, -0.2) is 52.7 Å². The Bertz CT molecular complexity index is 1070. The van der Waals surface area contributed by atoms with Gasteiger partial charge in [-0.2, -0.15) is 0 Å². The molecule has 2 amide bonds. The first-order valence-corrected chi connectivity index (χ1v) is 12.4. The topological polar surface area (TPSA) is 95.9 Å². The molecule has 1 saturated carbocycles. The van der Waals surface area contributed by atoms with Crippen molar-refractivity contribution in [3.05, 3.63) is 59.7 Å². The molecule has 0 bridgehead atoms. The fraction of sp³-hybridized carbons (Fsp3) is 0.464. The van der Waals surface area contributed by atoms with Gasteiger partial charge in [0.05, 0.1) is 0 Å². The third-order valence-corrected chi connectivity index (χ3v) is 7.47. The average Bonchev–Trinajstić information content (AvgIpc) is 3.17. The monoisotopic (exact) mass is 478 g/mol. The highest BCUT2D eigenvalue weighted by Gasteiger charge is 2.41. The minimum Gasteiger partial charge on any atom is -0.480 e. The van der Waals surface area contributed by atoms with Crippen LogP contribution in [0.3, 0.4) is 0 Å². The van der Waals surface area contributed by atoms with E-state index in [1.165, 1.54) is 16.0 Å².